The third-order valence-electron chi connectivity index (χ3n) is 6.16. The monoisotopic (exact) mass is 414 g/mol. The highest BCUT2D eigenvalue weighted by Crippen LogP contribution is 2.28. The van der Waals surface area contributed by atoms with Gasteiger partial charge in [-0.3, -0.25) is 9.59 Å². The number of benzene rings is 1. The minimum Gasteiger partial charge on any atom is -0.466 e. The van der Waals surface area contributed by atoms with Gasteiger partial charge in [-0.1, -0.05) is 25.1 Å². The van der Waals surface area contributed by atoms with Gasteiger partial charge in [0.2, 0.25) is 0 Å². The standard InChI is InChI=1S/C24H31FN2O3/c1-5-20-16(3)22(27(17(20)4)15-19-9-7-8-10-21(19)25)23(28)26-13-11-18(12-14-26)24(29)30-6-2/h7-10,18H,5-6,11-15H2,1-4H3. The van der Waals surface area contributed by atoms with Crippen molar-refractivity contribution < 1.29 is 18.7 Å². The summed E-state index contributed by atoms with van der Waals surface area (Å²) in [6.45, 7) is 9.58. The molecule has 1 aliphatic heterocycles. The number of nitrogens with zero attached hydrogens (tertiary/aromatic N) is 2. The van der Waals surface area contributed by atoms with Gasteiger partial charge < -0.3 is 14.2 Å². The van der Waals surface area contributed by atoms with Crippen LogP contribution in [0.2, 0.25) is 0 Å². The first kappa shape index (κ1) is 22.1. The van der Waals surface area contributed by atoms with Crippen molar-refractivity contribution in [2.24, 2.45) is 5.92 Å². The summed E-state index contributed by atoms with van der Waals surface area (Å²) in [7, 11) is 0. The van der Waals surface area contributed by atoms with Crippen molar-refractivity contribution in [3.63, 3.8) is 0 Å². The molecule has 0 bridgehead atoms. The summed E-state index contributed by atoms with van der Waals surface area (Å²) >= 11 is 0. The Morgan fingerprint density at radius 1 is 1.13 bits per heavy atom. The molecule has 2 heterocycles. The normalized spacial score (nSPS) is 14.8. The average Bonchev–Trinajstić information content (AvgIpc) is 2.98. The highest BCUT2D eigenvalue weighted by atomic mass is 19.1. The zero-order valence-corrected chi connectivity index (χ0v) is 18.3. The number of ether oxygens (including phenoxy) is 1. The lowest BCUT2D eigenvalue weighted by Crippen LogP contribution is -2.41. The Labute approximate surface area is 177 Å². The smallest absolute Gasteiger partial charge is 0.309 e. The molecule has 0 spiro atoms. The zero-order chi connectivity index (χ0) is 21.8. The van der Waals surface area contributed by atoms with E-state index in [1.165, 1.54) is 6.07 Å². The van der Waals surface area contributed by atoms with Gasteiger partial charge in [-0.15, -0.1) is 0 Å². The van der Waals surface area contributed by atoms with Crippen LogP contribution in [0.15, 0.2) is 24.3 Å². The summed E-state index contributed by atoms with van der Waals surface area (Å²) in [6, 6.07) is 6.69. The maximum atomic E-state index is 14.3. The number of halogens is 1. The average molecular weight is 415 g/mol. The Hall–Kier alpha value is -2.63. The lowest BCUT2D eigenvalue weighted by Gasteiger charge is -2.31. The molecule has 5 nitrogen and oxygen atoms in total. The molecule has 0 N–H and O–H groups in total. The van der Waals surface area contributed by atoms with E-state index in [0.29, 0.717) is 50.3 Å². The van der Waals surface area contributed by atoms with Crippen LogP contribution in [0.4, 0.5) is 4.39 Å². The van der Waals surface area contributed by atoms with Crippen LogP contribution in [-0.4, -0.2) is 41.0 Å². The fourth-order valence-electron chi connectivity index (χ4n) is 4.47. The van der Waals surface area contributed by atoms with E-state index in [4.69, 9.17) is 4.74 Å². The number of carbonyl (C=O) groups is 2. The maximum Gasteiger partial charge on any atom is 0.309 e. The first-order valence-electron chi connectivity index (χ1n) is 10.8. The van der Waals surface area contributed by atoms with Crippen LogP contribution in [0, 0.1) is 25.6 Å². The Kier molecular flexibility index (Phi) is 6.95. The molecule has 0 atom stereocenters. The summed E-state index contributed by atoms with van der Waals surface area (Å²) in [6.07, 6.45) is 2.03. The number of likely N-dealkylation sites (tertiary alicyclic amines) is 1. The molecule has 1 aromatic carbocycles. The number of esters is 1. The van der Waals surface area contributed by atoms with E-state index in [-0.39, 0.29) is 23.6 Å². The van der Waals surface area contributed by atoms with Gasteiger partial charge in [0.05, 0.1) is 19.1 Å². The van der Waals surface area contributed by atoms with E-state index >= 15 is 0 Å². The van der Waals surface area contributed by atoms with Crippen LogP contribution in [0.3, 0.4) is 0 Å². The van der Waals surface area contributed by atoms with Crippen molar-refractivity contribution in [1.82, 2.24) is 9.47 Å². The molecule has 6 heteroatoms. The van der Waals surface area contributed by atoms with Gasteiger partial charge >= 0.3 is 5.97 Å². The van der Waals surface area contributed by atoms with Gasteiger partial charge in [0.1, 0.15) is 11.5 Å². The Morgan fingerprint density at radius 2 is 1.80 bits per heavy atom. The van der Waals surface area contributed by atoms with E-state index in [2.05, 4.69) is 6.92 Å². The van der Waals surface area contributed by atoms with Crippen molar-refractivity contribution in [3.05, 3.63) is 58.2 Å². The molecule has 0 unspecified atom stereocenters. The second kappa shape index (κ2) is 9.45. The van der Waals surface area contributed by atoms with Crippen molar-refractivity contribution in [2.45, 2.75) is 53.5 Å². The molecule has 3 rings (SSSR count). The molecule has 0 saturated carbocycles. The summed E-state index contributed by atoms with van der Waals surface area (Å²) in [5, 5.41) is 0. The second-order valence-corrected chi connectivity index (χ2v) is 7.89. The molecule has 1 aliphatic rings. The third-order valence-corrected chi connectivity index (χ3v) is 6.16. The van der Waals surface area contributed by atoms with Gasteiger partial charge in [-0.25, -0.2) is 4.39 Å². The van der Waals surface area contributed by atoms with E-state index in [0.717, 1.165) is 23.2 Å². The van der Waals surface area contributed by atoms with Crippen LogP contribution in [-0.2, 0) is 22.5 Å². The van der Waals surface area contributed by atoms with Crippen LogP contribution in [0.1, 0.15) is 59.6 Å². The van der Waals surface area contributed by atoms with Gasteiger partial charge in [0.25, 0.3) is 5.91 Å². The number of aromatic nitrogens is 1. The number of amides is 1. The zero-order valence-electron chi connectivity index (χ0n) is 18.3. The van der Waals surface area contributed by atoms with Crippen molar-refractivity contribution in [3.8, 4) is 0 Å². The first-order valence-corrected chi connectivity index (χ1v) is 10.8. The first-order chi connectivity index (χ1) is 14.4. The van der Waals surface area contributed by atoms with Crippen molar-refractivity contribution in [2.75, 3.05) is 19.7 Å². The summed E-state index contributed by atoms with van der Waals surface area (Å²) in [4.78, 5) is 27.3. The third kappa shape index (κ3) is 4.27. The van der Waals surface area contributed by atoms with Gasteiger partial charge in [0, 0.05) is 24.3 Å². The number of piperidine rings is 1. The SMILES string of the molecule is CCOC(=O)C1CCN(C(=O)c2c(C)c(CC)c(C)n2Cc2ccccc2F)CC1. The molecule has 0 aliphatic carbocycles. The second-order valence-electron chi connectivity index (χ2n) is 7.89. The molecule has 2 aromatic rings. The molecule has 30 heavy (non-hydrogen) atoms. The number of hydrogen-bond donors (Lipinski definition) is 0. The number of rotatable bonds is 6. The van der Waals surface area contributed by atoms with Crippen LogP contribution in [0.25, 0.3) is 0 Å². The summed E-state index contributed by atoms with van der Waals surface area (Å²) < 4.78 is 21.4. The Morgan fingerprint density at radius 3 is 2.40 bits per heavy atom. The fourth-order valence-corrected chi connectivity index (χ4v) is 4.47. The minimum absolute atomic E-state index is 0.0473. The lowest BCUT2D eigenvalue weighted by molar-refractivity contribution is -0.149. The topological polar surface area (TPSA) is 51.5 Å². The van der Waals surface area contributed by atoms with Crippen LogP contribution >= 0.6 is 0 Å². The Bertz CT molecular complexity index is 927. The van der Waals surface area contributed by atoms with Crippen molar-refractivity contribution >= 4 is 11.9 Å². The molecule has 1 fully saturated rings. The van der Waals surface area contributed by atoms with Crippen molar-refractivity contribution in [1.29, 1.82) is 0 Å². The van der Waals surface area contributed by atoms with E-state index in [1.807, 2.05) is 29.4 Å². The van der Waals surface area contributed by atoms with Crippen LogP contribution < -0.4 is 0 Å². The molecule has 1 aromatic heterocycles. The lowest BCUT2D eigenvalue weighted by atomic mass is 9.96. The number of hydrogen-bond acceptors (Lipinski definition) is 3. The number of carbonyl (C=O) groups excluding carboxylic acids is 2. The predicted molar refractivity (Wildman–Crippen MR) is 114 cm³/mol. The highest BCUT2D eigenvalue weighted by Gasteiger charge is 2.31. The molecule has 162 valence electrons. The molecule has 1 amide bonds. The fraction of sp³-hybridized carbons (Fsp3) is 0.500. The van der Waals surface area contributed by atoms with E-state index in [1.54, 1.807) is 19.1 Å². The van der Waals surface area contributed by atoms with Gasteiger partial charge in [-0.05, 0) is 57.2 Å². The molecule has 0 radical (unpaired) electrons. The van der Waals surface area contributed by atoms with Gasteiger partial charge in [0.15, 0.2) is 0 Å². The molecular weight excluding hydrogens is 383 g/mol. The quantitative estimate of drug-likeness (QED) is 0.664. The summed E-state index contributed by atoms with van der Waals surface area (Å²) in [5.74, 6) is -0.634. The van der Waals surface area contributed by atoms with E-state index in [9.17, 15) is 14.0 Å². The Balaban J connectivity index is 1.87. The predicted octanol–water partition coefficient (Wildman–Crippen LogP) is 4.27. The van der Waals surface area contributed by atoms with Gasteiger partial charge in [-0.2, -0.15) is 0 Å². The highest BCUT2D eigenvalue weighted by molar-refractivity contribution is 5.95. The van der Waals surface area contributed by atoms with E-state index < -0.39 is 0 Å². The summed E-state index contributed by atoms with van der Waals surface area (Å²) in [5.41, 5.74) is 4.29. The largest absolute Gasteiger partial charge is 0.466 e. The minimum atomic E-state index is -0.269. The maximum absolute atomic E-state index is 14.3. The molecular formula is C24H31FN2O3. The molecule has 1 saturated heterocycles. The van der Waals surface area contributed by atoms with Crippen LogP contribution in [0.5, 0.6) is 0 Å².